The number of benzene rings is 1. The minimum atomic E-state index is -0.782. The standard InChI is InChI=1S/C29H37FN8O3/c1-29(27(39)37-14-10-35(2)11-15-37)18-40-26(41-19-29)25-33-23(20-4-6-21(30)7-5-20)24(34-25)22-8-9-31-28(32-22)38-16-12-36(3)13-17-38/h4-9,26H,10-19H2,1-3H3,(H,33,34). The first-order chi connectivity index (χ1) is 19.8. The zero-order chi connectivity index (χ0) is 28.6. The topological polar surface area (TPSA) is 103 Å². The molecular formula is C29H37FN8O3. The predicted octanol–water partition coefficient (Wildman–Crippen LogP) is 2.25. The SMILES string of the molecule is CN1CCN(C(=O)C2(C)COC(c3nc(-c4ccc(F)cc4)c(-c4ccnc(N5CCN(C)CC5)n4)[nH]3)OC2)CC1. The van der Waals surface area contributed by atoms with Gasteiger partial charge < -0.3 is 34.1 Å². The first-order valence-electron chi connectivity index (χ1n) is 14.1. The van der Waals surface area contributed by atoms with Crippen molar-refractivity contribution in [1.29, 1.82) is 0 Å². The van der Waals surface area contributed by atoms with E-state index in [-0.39, 0.29) is 24.9 Å². The van der Waals surface area contributed by atoms with Gasteiger partial charge in [0.15, 0.2) is 5.82 Å². The normalized spacial score (nSPS) is 24.5. The summed E-state index contributed by atoms with van der Waals surface area (Å²) >= 11 is 0. The lowest BCUT2D eigenvalue weighted by Gasteiger charge is -2.41. The molecule has 6 rings (SSSR count). The van der Waals surface area contributed by atoms with E-state index >= 15 is 0 Å². The number of H-pyrrole nitrogens is 1. The third-order valence-electron chi connectivity index (χ3n) is 8.16. The van der Waals surface area contributed by atoms with Crippen molar-refractivity contribution < 1.29 is 18.7 Å². The number of anilines is 1. The van der Waals surface area contributed by atoms with Gasteiger partial charge >= 0.3 is 0 Å². The molecule has 0 unspecified atom stereocenters. The lowest BCUT2D eigenvalue weighted by molar-refractivity contribution is -0.234. The molecule has 2 aromatic heterocycles. The highest BCUT2D eigenvalue weighted by Gasteiger charge is 2.43. The van der Waals surface area contributed by atoms with Crippen molar-refractivity contribution in [1.82, 2.24) is 34.6 Å². The molecule has 0 aliphatic carbocycles. The number of piperazine rings is 2. The molecule has 3 aliphatic rings. The average molecular weight is 565 g/mol. The minimum Gasteiger partial charge on any atom is -0.345 e. The largest absolute Gasteiger partial charge is 0.345 e. The molecule has 1 N–H and O–H groups in total. The van der Waals surface area contributed by atoms with Gasteiger partial charge in [0.05, 0.1) is 35.7 Å². The van der Waals surface area contributed by atoms with E-state index in [2.05, 4.69) is 38.8 Å². The fraction of sp³-hybridized carbons (Fsp3) is 0.517. The van der Waals surface area contributed by atoms with Crippen LogP contribution in [0.5, 0.6) is 0 Å². The summed E-state index contributed by atoms with van der Waals surface area (Å²) in [5, 5.41) is 0. The lowest BCUT2D eigenvalue weighted by atomic mass is 9.90. The summed E-state index contributed by atoms with van der Waals surface area (Å²) in [6.45, 7) is 8.99. The number of nitrogens with one attached hydrogen (secondary N) is 1. The Morgan fingerprint density at radius 1 is 0.927 bits per heavy atom. The molecule has 3 aromatic rings. The van der Waals surface area contributed by atoms with Gasteiger partial charge in [-0.1, -0.05) is 0 Å². The number of carbonyl (C=O) groups is 1. The van der Waals surface area contributed by atoms with Gasteiger partial charge in [-0.3, -0.25) is 4.79 Å². The first-order valence-corrected chi connectivity index (χ1v) is 14.1. The number of nitrogens with zero attached hydrogens (tertiary/aromatic N) is 7. The number of halogens is 1. The summed E-state index contributed by atoms with van der Waals surface area (Å²) in [7, 11) is 4.17. The third-order valence-corrected chi connectivity index (χ3v) is 8.16. The molecule has 12 heteroatoms. The fourth-order valence-corrected chi connectivity index (χ4v) is 5.43. The Labute approximate surface area is 239 Å². The van der Waals surface area contributed by atoms with Gasteiger partial charge in [0.25, 0.3) is 0 Å². The quantitative estimate of drug-likeness (QED) is 0.500. The molecule has 41 heavy (non-hydrogen) atoms. The van der Waals surface area contributed by atoms with E-state index in [1.165, 1.54) is 12.1 Å². The van der Waals surface area contributed by atoms with Crippen LogP contribution in [0.3, 0.4) is 0 Å². The Hall–Kier alpha value is -3.45. The summed E-state index contributed by atoms with van der Waals surface area (Å²) in [5.74, 6) is 0.843. The van der Waals surface area contributed by atoms with Crippen LogP contribution < -0.4 is 4.90 Å². The van der Waals surface area contributed by atoms with Crippen molar-refractivity contribution in [3.8, 4) is 22.6 Å². The first kappa shape index (κ1) is 27.7. The number of aromatic amines is 1. The van der Waals surface area contributed by atoms with Crippen LogP contribution in [0, 0.1) is 11.2 Å². The number of hydrogen-bond donors (Lipinski definition) is 1. The highest BCUT2D eigenvalue weighted by atomic mass is 19.1. The molecule has 3 saturated heterocycles. The van der Waals surface area contributed by atoms with E-state index in [1.54, 1.807) is 18.3 Å². The maximum Gasteiger partial charge on any atom is 0.233 e. The number of rotatable bonds is 5. The Kier molecular flexibility index (Phi) is 7.73. The molecule has 0 atom stereocenters. The molecule has 218 valence electrons. The van der Waals surface area contributed by atoms with Crippen LogP contribution in [-0.4, -0.2) is 120 Å². The summed E-state index contributed by atoms with van der Waals surface area (Å²) < 4.78 is 26.0. The molecule has 3 fully saturated rings. The van der Waals surface area contributed by atoms with Crippen molar-refractivity contribution in [3.05, 3.63) is 48.2 Å². The fourth-order valence-electron chi connectivity index (χ4n) is 5.43. The van der Waals surface area contributed by atoms with Crippen molar-refractivity contribution in [3.63, 3.8) is 0 Å². The van der Waals surface area contributed by atoms with Crippen molar-refractivity contribution >= 4 is 11.9 Å². The number of amides is 1. The average Bonchev–Trinajstić information content (AvgIpc) is 3.44. The second-order valence-corrected chi connectivity index (χ2v) is 11.5. The van der Waals surface area contributed by atoms with Crippen LogP contribution in [0.15, 0.2) is 36.5 Å². The van der Waals surface area contributed by atoms with E-state index in [1.807, 2.05) is 17.9 Å². The molecule has 1 amide bonds. The molecule has 3 aliphatic heterocycles. The molecule has 1 aromatic carbocycles. The molecule has 0 bridgehead atoms. The number of likely N-dealkylation sites (N-methyl/N-ethyl adjacent to an activating group) is 2. The van der Waals surface area contributed by atoms with E-state index in [0.717, 1.165) is 44.8 Å². The monoisotopic (exact) mass is 564 g/mol. The molecule has 0 radical (unpaired) electrons. The Morgan fingerprint density at radius 3 is 2.22 bits per heavy atom. The highest BCUT2D eigenvalue weighted by Crippen LogP contribution is 2.36. The van der Waals surface area contributed by atoms with Crippen molar-refractivity contribution in [2.75, 3.05) is 84.6 Å². The van der Waals surface area contributed by atoms with Crippen LogP contribution in [0.4, 0.5) is 10.3 Å². The lowest BCUT2D eigenvalue weighted by Crippen LogP contribution is -2.55. The minimum absolute atomic E-state index is 0.0496. The van der Waals surface area contributed by atoms with Crippen LogP contribution in [-0.2, 0) is 14.3 Å². The van der Waals surface area contributed by atoms with Crippen LogP contribution >= 0.6 is 0 Å². The molecule has 5 heterocycles. The number of hydrogen-bond acceptors (Lipinski definition) is 9. The summed E-state index contributed by atoms with van der Waals surface area (Å²) in [5.41, 5.74) is 1.90. The van der Waals surface area contributed by atoms with Gasteiger partial charge in [0.1, 0.15) is 5.82 Å². The number of ether oxygens (including phenoxy) is 2. The number of aromatic nitrogens is 4. The number of imidazole rings is 1. The Bertz CT molecular complexity index is 1360. The Balaban J connectivity index is 1.25. The van der Waals surface area contributed by atoms with Gasteiger partial charge in [-0.25, -0.2) is 19.3 Å². The molecule has 11 nitrogen and oxygen atoms in total. The summed E-state index contributed by atoms with van der Waals surface area (Å²) in [4.78, 5) is 39.5. The zero-order valence-corrected chi connectivity index (χ0v) is 23.8. The van der Waals surface area contributed by atoms with Crippen molar-refractivity contribution in [2.24, 2.45) is 5.41 Å². The summed E-state index contributed by atoms with van der Waals surface area (Å²) in [6, 6.07) is 8.03. The smallest absolute Gasteiger partial charge is 0.233 e. The summed E-state index contributed by atoms with van der Waals surface area (Å²) in [6.07, 6.45) is 0.962. The molecule has 0 spiro atoms. The van der Waals surface area contributed by atoms with Crippen LogP contribution in [0.1, 0.15) is 19.0 Å². The maximum absolute atomic E-state index is 13.8. The van der Waals surface area contributed by atoms with Gasteiger partial charge in [0.2, 0.25) is 18.1 Å². The molecular weight excluding hydrogens is 527 g/mol. The zero-order valence-electron chi connectivity index (χ0n) is 23.8. The maximum atomic E-state index is 13.8. The van der Waals surface area contributed by atoms with Crippen LogP contribution in [0.2, 0.25) is 0 Å². The second-order valence-electron chi connectivity index (χ2n) is 11.5. The van der Waals surface area contributed by atoms with Gasteiger partial charge in [0, 0.05) is 64.1 Å². The third kappa shape index (κ3) is 5.82. The van der Waals surface area contributed by atoms with E-state index in [4.69, 9.17) is 19.4 Å². The second kappa shape index (κ2) is 11.4. The highest BCUT2D eigenvalue weighted by molar-refractivity contribution is 5.83. The van der Waals surface area contributed by atoms with Crippen LogP contribution in [0.25, 0.3) is 22.6 Å². The van der Waals surface area contributed by atoms with Gasteiger partial charge in [-0.05, 0) is 51.4 Å². The number of carbonyl (C=O) groups excluding carboxylic acids is 1. The predicted molar refractivity (Wildman–Crippen MR) is 152 cm³/mol. The van der Waals surface area contributed by atoms with Gasteiger partial charge in [-0.2, -0.15) is 0 Å². The van der Waals surface area contributed by atoms with E-state index in [9.17, 15) is 9.18 Å². The Morgan fingerprint density at radius 2 is 1.56 bits per heavy atom. The molecule has 0 saturated carbocycles. The van der Waals surface area contributed by atoms with Gasteiger partial charge in [-0.15, -0.1) is 0 Å². The van der Waals surface area contributed by atoms with E-state index < -0.39 is 11.7 Å². The van der Waals surface area contributed by atoms with E-state index in [0.29, 0.717) is 41.9 Å². The van der Waals surface area contributed by atoms with Crippen molar-refractivity contribution in [2.45, 2.75) is 13.2 Å².